The van der Waals surface area contributed by atoms with E-state index in [-0.39, 0.29) is 11.8 Å². The number of hydrogen-bond acceptors (Lipinski definition) is 3. The Hall–Kier alpha value is -1.04. The number of carbonyl (C=O) groups is 1. The van der Waals surface area contributed by atoms with Gasteiger partial charge in [-0.05, 0) is 47.2 Å². The molecule has 1 N–H and O–H groups in total. The molecule has 0 radical (unpaired) electrons. The van der Waals surface area contributed by atoms with E-state index < -0.39 is 13.3 Å². The van der Waals surface area contributed by atoms with Crippen LogP contribution in [0.4, 0.5) is 0 Å². The number of benzene rings is 1. The van der Waals surface area contributed by atoms with E-state index in [0.717, 1.165) is 48.1 Å². The van der Waals surface area contributed by atoms with Crippen LogP contribution in [0.3, 0.4) is 0 Å². The molecule has 0 spiro atoms. The van der Waals surface area contributed by atoms with Gasteiger partial charge < -0.3 is 10.0 Å². The van der Waals surface area contributed by atoms with Crippen molar-refractivity contribution in [2.75, 3.05) is 18.8 Å². The van der Waals surface area contributed by atoms with Gasteiger partial charge in [0.2, 0.25) is 5.91 Å². The van der Waals surface area contributed by atoms with Crippen LogP contribution in [0, 0.1) is 5.92 Å². The van der Waals surface area contributed by atoms with Crippen molar-refractivity contribution in [3.8, 4) is 0 Å². The van der Waals surface area contributed by atoms with Crippen molar-refractivity contribution in [1.82, 2.24) is 4.90 Å². The summed E-state index contributed by atoms with van der Waals surface area (Å²) in [7, 11) is -1.38. The summed E-state index contributed by atoms with van der Waals surface area (Å²) in [6.07, 6.45) is 6.93. The average molecular weight is 476 g/mol. The van der Waals surface area contributed by atoms with Crippen molar-refractivity contribution in [1.29, 1.82) is 0 Å². The Bertz CT molecular complexity index is 698. The van der Waals surface area contributed by atoms with Crippen molar-refractivity contribution in [2.24, 2.45) is 5.92 Å². The molecule has 0 aliphatic carbocycles. The molecule has 3 nitrogen and oxygen atoms in total. The third-order valence-corrected chi connectivity index (χ3v) is 19.8. The van der Waals surface area contributed by atoms with Gasteiger partial charge in [-0.15, -0.1) is 0 Å². The van der Waals surface area contributed by atoms with Crippen LogP contribution in [-0.4, -0.2) is 48.1 Å². The topological polar surface area (TPSA) is 40.5 Å². The van der Waals surface area contributed by atoms with Gasteiger partial charge in [-0.3, -0.25) is 4.79 Å². The van der Waals surface area contributed by atoms with Crippen LogP contribution < -0.4 is 0 Å². The standard InChI is InChI=1S/C27H45NO2SSi/c1-21(2)32(22(3)4,23(5)6)31-19-11-10-17-28-18-16-25(27(28)30)14-15-26(29)20-24-12-8-7-9-13-24/h7-9,12-15,21-23,25-26,29H,10-11,16-20H2,1-6H3/b15-14+. The number of likely N-dealkylation sites (tertiary alicyclic amines) is 1. The summed E-state index contributed by atoms with van der Waals surface area (Å²) in [6.45, 7) is 16.3. The van der Waals surface area contributed by atoms with E-state index in [0.29, 0.717) is 6.42 Å². The summed E-state index contributed by atoms with van der Waals surface area (Å²) in [6, 6.07) is 9.99. The van der Waals surface area contributed by atoms with E-state index in [1.165, 1.54) is 12.2 Å². The molecular formula is C27H45NO2SSi. The van der Waals surface area contributed by atoms with E-state index in [2.05, 4.69) is 52.8 Å². The summed E-state index contributed by atoms with van der Waals surface area (Å²) >= 11 is 2.29. The lowest BCUT2D eigenvalue weighted by Gasteiger charge is -2.42. The van der Waals surface area contributed by atoms with Gasteiger partial charge in [0.05, 0.1) is 12.0 Å². The lowest BCUT2D eigenvalue weighted by atomic mass is 10.0. The fourth-order valence-electron chi connectivity index (χ4n) is 5.50. The molecule has 1 aliphatic rings. The van der Waals surface area contributed by atoms with Crippen LogP contribution in [0.1, 0.15) is 66.4 Å². The number of rotatable bonds is 13. The summed E-state index contributed by atoms with van der Waals surface area (Å²) in [4.78, 5) is 14.8. The number of unbranched alkanes of at least 4 members (excludes halogenated alkanes) is 1. The van der Waals surface area contributed by atoms with E-state index in [9.17, 15) is 9.90 Å². The second kappa shape index (κ2) is 13.0. The van der Waals surface area contributed by atoms with Gasteiger partial charge in [-0.1, -0.05) is 84.0 Å². The van der Waals surface area contributed by atoms with Crippen molar-refractivity contribution in [3.05, 3.63) is 48.0 Å². The number of hydrogen-bond donors (Lipinski definition) is 1. The van der Waals surface area contributed by atoms with Crippen LogP contribution in [0.2, 0.25) is 16.6 Å². The van der Waals surface area contributed by atoms with Crippen LogP contribution in [0.5, 0.6) is 0 Å². The van der Waals surface area contributed by atoms with Gasteiger partial charge in [-0.25, -0.2) is 0 Å². The molecule has 32 heavy (non-hydrogen) atoms. The summed E-state index contributed by atoms with van der Waals surface area (Å²) in [5.41, 5.74) is 3.48. The highest BCUT2D eigenvalue weighted by atomic mass is 32.4. The van der Waals surface area contributed by atoms with Crippen molar-refractivity contribution >= 4 is 24.3 Å². The molecule has 1 aromatic carbocycles. The molecule has 1 aromatic rings. The molecule has 1 saturated heterocycles. The Morgan fingerprint density at radius 2 is 1.69 bits per heavy atom. The van der Waals surface area contributed by atoms with E-state index in [1.54, 1.807) is 0 Å². The Morgan fingerprint density at radius 3 is 2.28 bits per heavy atom. The lowest BCUT2D eigenvalue weighted by molar-refractivity contribution is -0.129. The predicted octanol–water partition coefficient (Wildman–Crippen LogP) is 6.68. The maximum absolute atomic E-state index is 12.8. The van der Waals surface area contributed by atoms with Gasteiger partial charge in [0.25, 0.3) is 0 Å². The second-order valence-electron chi connectivity index (χ2n) is 10.2. The number of aliphatic hydroxyl groups is 1. The maximum Gasteiger partial charge on any atom is 0.229 e. The quantitative estimate of drug-likeness (QED) is 0.196. The van der Waals surface area contributed by atoms with Gasteiger partial charge in [-0.2, -0.15) is 11.2 Å². The molecule has 5 heteroatoms. The van der Waals surface area contributed by atoms with E-state index in [4.69, 9.17) is 0 Å². The highest BCUT2D eigenvalue weighted by Gasteiger charge is 2.43. The summed E-state index contributed by atoms with van der Waals surface area (Å²) in [5, 5.41) is 10.3. The number of nitrogens with zero attached hydrogens (tertiary/aromatic N) is 1. The Morgan fingerprint density at radius 1 is 1.06 bits per heavy atom. The first-order valence-electron chi connectivity index (χ1n) is 12.5. The van der Waals surface area contributed by atoms with Crippen LogP contribution in [0.25, 0.3) is 0 Å². The first kappa shape index (κ1) is 27.2. The fraction of sp³-hybridized carbons (Fsp3) is 0.667. The Labute approximate surface area is 201 Å². The second-order valence-corrected chi connectivity index (χ2v) is 19.1. The molecule has 2 atom stereocenters. The summed E-state index contributed by atoms with van der Waals surface area (Å²) < 4.78 is 0. The van der Waals surface area contributed by atoms with E-state index >= 15 is 0 Å². The minimum Gasteiger partial charge on any atom is -0.389 e. The Kier molecular flexibility index (Phi) is 11.1. The first-order chi connectivity index (χ1) is 15.2. The molecule has 0 aromatic heterocycles. The zero-order valence-electron chi connectivity index (χ0n) is 21.1. The summed E-state index contributed by atoms with van der Waals surface area (Å²) in [5.74, 6) is 1.38. The largest absolute Gasteiger partial charge is 0.389 e. The fourth-order valence-corrected chi connectivity index (χ4v) is 15.7. The Balaban J connectivity index is 1.74. The van der Waals surface area contributed by atoms with Crippen LogP contribution >= 0.6 is 11.2 Å². The smallest absolute Gasteiger partial charge is 0.229 e. The monoisotopic (exact) mass is 475 g/mol. The van der Waals surface area contributed by atoms with Crippen molar-refractivity contribution < 1.29 is 9.90 Å². The average Bonchev–Trinajstić information content (AvgIpc) is 3.08. The van der Waals surface area contributed by atoms with Crippen molar-refractivity contribution in [3.63, 3.8) is 0 Å². The number of carbonyl (C=O) groups excluding carboxylic acids is 1. The molecule has 2 rings (SSSR count). The first-order valence-corrected chi connectivity index (χ1v) is 16.5. The minimum absolute atomic E-state index is 0.0716. The molecule has 1 amide bonds. The van der Waals surface area contributed by atoms with Gasteiger partial charge in [0.1, 0.15) is 7.22 Å². The number of aliphatic hydroxyl groups excluding tert-OH is 1. The zero-order valence-corrected chi connectivity index (χ0v) is 22.9. The van der Waals surface area contributed by atoms with Gasteiger partial charge >= 0.3 is 0 Å². The van der Waals surface area contributed by atoms with E-state index in [1.807, 2.05) is 47.4 Å². The van der Waals surface area contributed by atoms with Gasteiger partial charge in [0, 0.05) is 19.5 Å². The molecule has 1 fully saturated rings. The molecule has 0 bridgehead atoms. The van der Waals surface area contributed by atoms with Crippen LogP contribution in [-0.2, 0) is 11.2 Å². The third-order valence-electron chi connectivity index (χ3n) is 7.07. The molecular weight excluding hydrogens is 430 g/mol. The molecule has 1 aliphatic heterocycles. The minimum atomic E-state index is -1.38. The SMILES string of the molecule is CC(C)[Si](SCCCCN1CCC(/C=C/C(O)Cc2ccccc2)C1=O)(C(C)C)C(C)C. The van der Waals surface area contributed by atoms with Crippen LogP contribution in [0.15, 0.2) is 42.5 Å². The third kappa shape index (κ3) is 7.23. The zero-order chi connectivity index (χ0) is 23.7. The normalized spacial score (nSPS) is 18.6. The molecule has 0 saturated carbocycles. The maximum atomic E-state index is 12.8. The number of amides is 1. The molecule has 180 valence electrons. The predicted molar refractivity (Wildman–Crippen MR) is 143 cm³/mol. The highest BCUT2D eigenvalue weighted by Crippen LogP contribution is 2.49. The molecule has 1 heterocycles. The highest BCUT2D eigenvalue weighted by molar-refractivity contribution is 8.29. The molecule has 2 unspecified atom stereocenters. The van der Waals surface area contributed by atoms with Gasteiger partial charge in [0.15, 0.2) is 0 Å². The lowest BCUT2D eigenvalue weighted by Crippen LogP contribution is -2.41. The van der Waals surface area contributed by atoms with Crippen molar-refractivity contribution in [2.45, 2.75) is 90.0 Å².